The topological polar surface area (TPSA) is 84.2 Å². The van der Waals surface area contributed by atoms with E-state index in [0.717, 1.165) is 38.6 Å². The van der Waals surface area contributed by atoms with Crippen molar-refractivity contribution < 1.29 is 19.1 Å². The molecule has 6 heteroatoms. The molecule has 0 unspecified atom stereocenters. The third-order valence-corrected chi connectivity index (χ3v) is 4.49. The average Bonchev–Trinajstić information content (AvgIpc) is 3.05. The molecule has 0 spiro atoms. The molecule has 0 aliphatic rings. The predicted molar refractivity (Wildman–Crippen MR) is 96.3 cm³/mol. The Morgan fingerprint density at radius 3 is 2.12 bits per heavy atom. The van der Waals surface area contributed by atoms with Crippen molar-refractivity contribution in [3.05, 3.63) is 34.1 Å². The lowest BCUT2D eigenvalue weighted by atomic mass is 9.99. The number of nitrogens with one attached hydrogen (secondary N) is 2. The molecular weight excluding hydrogens is 320 g/mol. The van der Waals surface area contributed by atoms with E-state index in [1.54, 1.807) is 13.8 Å². The number of rotatable bonds is 4. The Balaban J connectivity index is 2.31. The van der Waals surface area contributed by atoms with Gasteiger partial charge in [-0.2, -0.15) is 0 Å². The van der Waals surface area contributed by atoms with E-state index in [0.29, 0.717) is 24.5 Å². The van der Waals surface area contributed by atoms with Crippen LogP contribution in [0.2, 0.25) is 0 Å². The first-order chi connectivity index (χ1) is 11.9. The number of carbonyl (C=O) groups excluding carboxylic acids is 2. The van der Waals surface area contributed by atoms with Crippen LogP contribution >= 0.6 is 0 Å². The monoisotopic (exact) mass is 342 g/mol. The van der Waals surface area contributed by atoms with Gasteiger partial charge in [0, 0.05) is 27.5 Å². The Morgan fingerprint density at radius 2 is 1.48 bits per heavy atom. The summed E-state index contributed by atoms with van der Waals surface area (Å²) in [4.78, 5) is 30.9. The highest BCUT2D eigenvalue weighted by molar-refractivity contribution is 6.13. The second kappa shape index (κ2) is 6.27. The van der Waals surface area contributed by atoms with Gasteiger partial charge in [-0.25, -0.2) is 9.59 Å². The summed E-state index contributed by atoms with van der Waals surface area (Å²) < 4.78 is 10.3. The standard InChI is InChI=1S/C19H22N2O4/c1-6-24-18(22)16-11(5)20-13-8-12-14(9(3)15(13)16)10(4)17(21-12)19(23)25-7-2/h8,20-21H,6-7H2,1-5H3. The lowest BCUT2D eigenvalue weighted by molar-refractivity contribution is 0.0513. The average molecular weight is 342 g/mol. The zero-order chi connectivity index (χ0) is 18.3. The van der Waals surface area contributed by atoms with E-state index in [1.807, 2.05) is 26.8 Å². The quantitative estimate of drug-likeness (QED) is 0.704. The van der Waals surface area contributed by atoms with E-state index in [1.165, 1.54) is 0 Å². The largest absolute Gasteiger partial charge is 0.462 e. The van der Waals surface area contributed by atoms with Crippen LogP contribution in [0.15, 0.2) is 6.07 Å². The highest BCUT2D eigenvalue weighted by atomic mass is 16.5. The van der Waals surface area contributed by atoms with E-state index >= 15 is 0 Å². The lowest BCUT2D eigenvalue weighted by Crippen LogP contribution is -2.06. The first-order valence-corrected chi connectivity index (χ1v) is 8.39. The van der Waals surface area contributed by atoms with E-state index in [-0.39, 0.29) is 11.9 Å². The minimum atomic E-state index is -0.374. The molecule has 0 aliphatic heterocycles. The van der Waals surface area contributed by atoms with E-state index in [9.17, 15) is 9.59 Å². The third-order valence-electron chi connectivity index (χ3n) is 4.49. The molecule has 3 aromatic rings. The summed E-state index contributed by atoms with van der Waals surface area (Å²) >= 11 is 0. The van der Waals surface area contributed by atoms with E-state index < -0.39 is 0 Å². The first kappa shape index (κ1) is 17.1. The number of aryl methyl sites for hydroxylation is 3. The van der Waals surface area contributed by atoms with Crippen LogP contribution in [0.3, 0.4) is 0 Å². The molecule has 2 N–H and O–H groups in total. The Hall–Kier alpha value is -2.76. The van der Waals surface area contributed by atoms with Gasteiger partial charge in [-0.15, -0.1) is 0 Å². The van der Waals surface area contributed by atoms with Crippen LogP contribution in [-0.4, -0.2) is 35.1 Å². The van der Waals surface area contributed by atoms with E-state index in [4.69, 9.17) is 9.47 Å². The lowest BCUT2D eigenvalue weighted by Gasteiger charge is -2.05. The normalized spacial score (nSPS) is 11.2. The van der Waals surface area contributed by atoms with Crippen molar-refractivity contribution in [2.75, 3.05) is 13.2 Å². The number of carbonyl (C=O) groups is 2. The summed E-state index contributed by atoms with van der Waals surface area (Å²) in [6.07, 6.45) is 0. The van der Waals surface area contributed by atoms with Crippen molar-refractivity contribution in [1.29, 1.82) is 0 Å². The summed E-state index contributed by atoms with van der Waals surface area (Å²) in [7, 11) is 0. The fraction of sp³-hybridized carbons (Fsp3) is 0.368. The Morgan fingerprint density at radius 1 is 0.880 bits per heavy atom. The fourth-order valence-corrected chi connectivity index (χ4v) is 3.49. The molecule has 6 nitrogen and oxygen atoms in total. The summed E-state index contributed by atoms with van der Waals surface area (Å²) in [5.41, 5.74) is 5.19. The van der Waals surface area contributed by atoms with Crippen molar-refractivity contribution in [2.24, 2.45) is 0 Å². The van der Waals surface area contributed by atoms with Gasteiger partial charge in [0.05, 0.1) is 18.8 Å². The van der Waals surface area contributed by atoms with E-state index in [2.05, 4.69) is 9.97 Å². The van der Waals surface area contributed by atoms with Gasteiger partial charge in [0.2, 0.25) is 0 Å². The number of esters is 2. The maximum Gasteiger partial charge on any atom is 0.355 e. The number of hydrogen-bond donors (Lipinski definition) is 2. The third kappa shape index (κ3) is 2.58. The van der Waals surface area contributed by atoms with Crippen molar-refractivity contribution in [3.8, 4) is 0 Å². The second-order valence-electron chi connectivity index (χ2n) is 6.04. The van der Waals surface area contributed by atoms with Crippen LogP contribution < -0.4 is 0 Å². The Bertz CT molecular complexity index is 994. The maximum atomic E-state index is 12.4. The van der Waals surface area contributed by atoms with Crippen LogP contribution in [0.4, 0.5) is 0 Å². The van der Waals surface area contributed by atoms with Crippen LogP contribution in [-0.2, 0) is 9.47 Å². The molecule has 25 heavy (non-hydrogen) atoms. The minimum absolute atomic E-state index is 0.319. The molecule has 0 aliphatic carbocycles. The minimum Gasteiger partial charge on any atom is -0.462 e. The molecule has 0 saturated heterocycles. The molecule has 132 valence electrons. The molecule has 0 atom stereocenters. The first-order valence-electron chi connectivity index (χ1n) is 8.39. The van der Waals surface area contributed by atoms with Crippen molar-refractivity contribution in [3.63, 3.8) is 0 Å². The smallest absolute Gasteiger partial charge is 0.355 e. The molecule has 0 bridgehead atoms. The number of fused-ring (bicyclic) bond motifs is 2. The molecule has 2 aromatic heterocycles. The Kier molecular flexibility index (Phi) is 4.29. The number of H-pyrrole nitrogens is 2. The van der Waals surface area contributed by atoms with Gasteiger partial charge in [-0.05, 0) is 51.8 Å². The number of aromatic nitrogens is 2. The van der Waals surface area contributed by atoms with Crippen LogP contribution in [0.25, 0.3) is 21.8 Å². The number of aromatic amines is 2. The zero-order valence-electron chi connectivity index (χ0n) is 15.1. The van der Waals surface area contributed by atoms with Crippen molar-refractivity contribution in [2.45, 2.75) is 34.6 Å². The van der Waals surface area contributed by atoms with Gasteiger partial charge in [-0.3, -0.25) is 0 Å². The van der Waals surface area contributed by atoms with Gasteiger partial charge in [0.15, 0.2) is 0 Å². The van der Waals surface area contributed by atoms with Crippen molar-refractivity contribution in [1.82, 2.24) is 9.97 Å². The fourth-order valence-electron chi connectivity index (χ4n) is 3.49. The molecule has 0 amide bonds. The SMILES string of the molecule is CCOC(=O)c1[nH]c2cc3[nH]c(C)c(C(=O)OCC)c3c(C)c2c1C. The van der Waals surface area contributed by atoms with Crippen molar-refractivity contribution >= 4 is 33.7 Å². The Labute approximate surface area is 145 Å². The van der Waals surface area contributed by atoms with Gasteiger partial charge in [-0.1, -0.05) is 0 Å². The highest BCUT2D eigenvalue weighted by Crippen LogP contribution is 2.35. The highest BCUT2D eigenvalue weighted by Gasteiger charge is 2.23. The number of ether oxygens (including phenoxy) is 2. The molecule has 1 aromatic carbocycles. The van der Waals surface area contributed by atoms with Gasteiger partial charge < -0.3 is 19.4 Å². The van der Waals surface area contributed by atoms with Crippen LogP contribution in [0.1, 0.15) is 51.5 Å². The van der Waals surface area contributed by atoms with Crippen LogP contribution in [0.5, 0.6) is 0 Å². The van der Waals surface area contributed by atoms with Gasteiger partial charge >= 0.3 is 11.9 Å². The predicted octanol–water partition coefficient (Wildman–Crippen LogP) is 3.93. The number of benzene rings is 1. The summed E-state index contributed by atoms with van der Waals surface area (Å²) in [5.74, 6) is -0.714. The summed E-state index contributed by atoms with van der Waals surface area (Å²) in [6, 6.07) is 1.92. The maximum absolute atomic E-state index is 12.4. The van der Waals surface area contributed by atoms with Gasteiger partial charge in [0.1, 0.15) is 5.69 Å². The summed E-state index contributed by atoms with van der Waals surface area (Å²) in [6.45, 7) is 9.90. The molecule has 2 heterocycles. The number of hydrogen-bond acceptors (Lipinski definition) is 4. The molecule has 0 radical (unpaired) electrons. The summed E-state index contributed by atoms with van der Waals surface area (Å²) in [5, 5.41) is 1.76. The molecule has 3 rings (SSSR count). The van der Waals surface area contributed by atoms with Gasteiger partial charge in [0.25, 0.3) is 0 Å². The zero-order valence-corrected chi connectivity index (χ0v) is 15.1. The second-order valence-corrected chi connectivity index (χ2v) is 6.04. The molecule has 0 saturated carbocycles. The van der Waals surface area contributed by atoms with Crippen LogP contribution in [0, 0.1) is 20.8 Å². The molecule has 0 fully saturated rings. The molecular formula is C19H22N2O4.